The van der Waals surface area contributed by atoms with Crippen molar-refractivity contribution < 1.29 is 10.2 Å². The Labute approximate surface area is 82.6 Å². The normalized spacial score (nSPS) is 10.5. The van der Waals surface area contributed by atoms with Gasteiger partial charge in [-0.25, -0.2) is 0 Å². The van der Waals surface area contributed by atoms with Gasteiger partial charge in [-0.3, -0.25) is 0 Å². The van der Waals surface area contributed by atoms with Crippen molar-refractivity contribution in [1.82, 2.24) is 0 Å². The maximum Gasteiger partial charge on any atom is 0.0692 e. The van der Waals surface area contributed by atoms with E-state index in [0.29, 0.717) is 0 Å². The molecule has 0 aliphatic rings. The monoisotopic (exact) mass is 198 g/mol. The predicted molar refractivity (Wildman–Crippen MR) is 54.8 cm³/mol. The third kappa shape index (κ3) is 2.24. The molecule has 0 aliphatic carbocycles. The molecule has 1 aromatic carbocycles. The van der Waals surface area contributed by atoms with Crippen molar-refractivity contribution in [2.45, 2.75) is 25.0 Å². The second-order valence-corrected chi connectivity index (χ2v) is 3.75. The van der Waals surface area contributed by atoms with Gasteiger partial charge in [-0.15, -0.1) is 11.8 Å². The molecule has 0 saturated carbocycles. The Balaban J connectivity index is 3.18. The van der Waals surface area contributed by atoms with Crippen LogP contribution in [-0.2, 0) is 13.2 Å². The molecule has 0 aromatic heterocycles. The highest BCUT2D eigenvalue weighted by Crippen LogP contribution is 2.24. The Morgan fingerprint density at radius 3 is 2.23 bits per heavy atom. The maximum absolute atomic E-state index is 9.06. The third-order valence-corrected chi connectivity index (χ3v) is 2.90. The van der Waals surface area contributed by atoms with E-state index in [0.717, 1.165) is 21.6 Å². The summed E-state index contributed by atoms with van der Waals surface area (Å²) in [5, 5.41) is 18.1. The van der Waals surface area contributed by atoms with Crippen LogP contribution in [-0.4, -0.2) is 16.5 Å². The molecule has 0 amide bonds. The van der Waals surface area contributed by atoms with Crippen molar-refractivity contribution in [3.05, 3.63) is 28.8 Å². The van der Waals surface area contributed by atoms with Crippen LogP contribution in [0, 0.1) is 6.92 Å². The van der Waals surface area contributed by atoms with Gasteiger partial charge in [0.1, 0.15) is 0 Å². The molecular formula is C10H14O2S. The number of aryl methyl sites for hydroxylation is 1. The fourth-order valence-corrected chi connectivity index (χ4v) is 1.92. The lowest BCUT2D eigenvalue weighted by molar-refractivity contribution is 0.275. The van der Waals surface area contributed by atoms with Gasteiger partial charge in [0.25, 0.3) is 0 Å². The van der Waals surface area contributed by atoms with Crippen molar-refractivity contribution in [2.24, 2.45) is 0 Å². The number of hydrogen-bond donors (Lipinski definition) is 2. The molecule has 0 radical (unpaired) electrons. The van der Waals surface area contributed by atoms with E-state index >= 15 is 0 Å². The van der Waals surface area contributed by atoms with Gasteiger partial charge >= 0.3 is 0 Å². The molecule has 0 atom stereocenters. The average Bonchev–Trinajstić information content (AvgIpc) is 2.17. The SMILES string of the molecule is CSc1cc(CO)c(C)cc1CO. The van der Waals surface area contributed by atoms with E-state index in [4.69, 9.17) is 10.2 Å². The first-order chi connectivity index (χ1) is 6.22. The van der Waals surface area contributed by atoms with Crippen LogP contribution in [0.25, 0.3) is 0 Å². The van der Waals surface area contributed by atoms with Crippen LogP contribution in [0.3, 0.4) is 0 Å². The van der Waals surface area contributed by atoms with Gasteiger partial charge in [0.05, 0.1) is 13.2 Å². The number of thioether (sulfide) groups is 1. The summed E-state index contributed by atoms with van der Waals surface area (Å²) >= 11 is 1.59. The van der Waals surface area contributed by atoms with Gasteiger partial charge in [0.15, 0.2) is 0 Å². The quantitative estimate of drug-likeness (QED) is 0.726. The minimum absolute atomic E-state index is 0.0583. The molecule has 0 aliphatic heterocycles. The predicted octanol–water partition coefficient (Wildman–Crippen LogP) is 1.70. The largest absolute Gasteiger partial charge is 0.392 e. The van der Waals surface area contributed by atoms with E-state index in [1.165, 1.54) is 0 Å². The molecule has 1 aromatic rings. The van der Waals surface area contributed by atoms with Crippen LogP contribution < -0.4 is 0 Å². The molecule has 0 unspecified atom stereocenters. The molecule has 0 spiro atoms. The Morgan fingerprint density at radius 2 is 1.77 bits per heavy atom. The summed E-state index contributed by atoms with van der Waals surface area (Å²) in [4.78, 5) is 1.04. The molecule has 0 saturated heterocycles. The van der Waals surface area contributed by atoms with Crippen LogP contribution in [0.5, 0.6) is 0 Å². The molecule has 0 heterocycles. The lowest BCUT2D eigenvalue weighted by atomic mass is 10.1. The summed E-state index contributed by atoms with van der Waals surface area (Å²) in [6, 6.07) is 3.86. The maximum atomic E-state index is 9.06. The Hall–Kier alpha value is -0.510. The number of aliphatic hydroxyl groups excluding tert-OH is 2. The first kappa shape index (κ1) is 10.6. The summed E-state index contributed by atoms with van der Waals surface area (Å²) in [7, 11) is 0. The van der Waals surface area contributed by atoms with E-state index in [1.807, 2.05) is 25.3 Å². The zero-order valence-corrected chi connectivity index (χ0v) is 8.69. The Morgan fingerprint density at radius 1 is 1.15 bits per heavy atom. The second kappa shape index (κ2) is 4.65. The summed E-state index contributed by atoms with van der Waals surface area (Å²) in [6.45, 7) is 2.06. The van der Waals surface area contributed by atoms with E-state index in [1.54, 1.807) is 11.8 Å². The van der Waals surface area contributed by atoms with Crippen molar-refractivity contribution >= 4 is 11.8 Å². The smallest absolute Gasteiger partial charge is 0.0692 e. The number of hydrogen-bond acceptors (Lipinski definition) is 3. The van der Waals surface area contributed by atoms with Crippen molar-refractivity contribution in [1.29, 1.82) is 0 Å². The summed E-state index contributed by atoms with van der Waals surface area (Å²) in [5.74, 6) is 0. The summed E-state index contributed by atoms with van der Waals surface area (Å²) in [6.07, 6.45) is 1.96. The first-order valence-corrected chi connectivity index (χ1v) is 5.33. The van der Waals surface area contributed by atoms with Gasteiger partial charge in [-0.05, 0) is 35.9 Å². The minimum atomic E-state index is 0.0583. The van der Waals surface area contributed by atoms with Crippen LogP contribution >= 0.6 is 11.8 Å². The Bertz CT molecular complexity index is 297. The first-order valence-electron chi connectivity index (χ1n) is 4.11. The highest BCUT2D eigenvalue weighted by atomic mass is 32.2. The fourth-order valence-electron chi connectivity index (χ4n) is 1.27. The van der Waals surface area contributed by atoms with E-state index in [2.05, 4.69) is 0 Å². The van der Waals surface area contributed by atoms with Crippen molar-refractivity contribution in [3.8, 4) is 0 Å². The third-order valence-electron chi connectivity index (χ3n) is 2.08. The van der Waals surface area contributed by atoms with Gasteiger partial charge in [-0.1, -0.05) is 6.07 Å². The highest BCUT2D eigenvalue weighted by Gasteiger charge is 2.04. The fraction of sp³-hybridized carbons (Fsp3) is 0.400. The van der Waals surface area contributed by atoms with Gasteiger partial charge in [0.2, 0.25) is 0 Å². The molecule has 3 heteroatoms. The van der Waals surface area contributed by atoms with Gasteiger partial charge in [0, 0.05) is 4.90 Å². The molecule has 0 bridgehead atoms. The highest BCUT2D eigenvalue weighted by molar-refractivity contribution is 7.98. The zero-order chi connectivity index (χ0) is 9.84. The number of rotatable bonds is 3. The van der Waals surface area contributed by atoms with Crippen LogP contribution in [0.15, 0.2) is 17.0 Å². The standard InChI is InChI=1S/C10H14O2S/c1-7-3-9(6-12)10(13-2)4-8(7)5-11/h3-4,11-12H,5-6H2,1-2H3. The molecule has 13 heavy (non-hydrogen) atoms. The summed E-state index contributed by atoms with van der Waals surface area (Å²) in [5.41, 5.74) is 2.90. The molecule has 2 N–H and O–H groups in total. The molecule has 2 nitrogen and oxygen atoms in total. The van der Waals surface area contributed by atoms with Crippen LogP contribution in [0.4, 0.5) is 0 Å². The van der Waals surface area contributed by atoms with Gasteiger partial charge < -0.3 is 10.2 Å². The molecule has 0 fully saturated rings. The lowest BCUT2D eigenvalue weighted by Gasteiger charge is -2.09. The van der Waals surface area contributed by atoms with E-state index < -0.39 is 0 Å². The van der Waals surface area contributed by atoms with Crippen LogP contribution in [0.2, 0.25) is 0 Å². The van der Waals surface area contributed by atoms with Crippen molar-refractivity contribution in [2.75, 3.05) is 6.26 Å². The van der Waals surface area contributed by atoms with E-state index in [9.17, 15) is 0 Å². The topological polar surface area (TPSA) is 40.5 Å². The molecule has 1 rings (SSSR count). The van der Waals surface area contributed by atoms with Crippen LogP contribution in [0.1, 0.15) is 16.7 Å². The zero-order valence-electron chi connectivity index (χ0n) is 7.87. The lowest BCUT2D eigenvalue weighted by Crippen LogP contribution is -1.94. The average molecular weight is 198 g/mol. The van der Waals surface area contributed by atoms with Gasteiger partial charge in [-0.2, -0.15) is 0 Å². The van der Waals surface area contributed by atoms with E-state index in [-0.39, 0.29) is 13.2 Å². The Kier molecular flexibility index (Phi) is 3.78. The number of aliphatic hydroxyl groups is 2. The van der Waals surface area contributed by atoms with Crippen molar-refractivity contribution in [3.63, 3.8) is 0 Å². The summed E-state index contributed by atoms with van der Waals surface area (Å²) < 4.78 is 0. The number of benzene rings is 1. The molecular weight excluding hydrogens is 184 g/mol. The molecule has 72 valence electrons. The minimum Gasteiger partial charge on any atom is -0.392 e. The second-order valence-electron chi connectivity index (χ2n) is 2.91.